The van der Waals surface area contributed by atoms with Gasteiger partial charge in [-0.2, -0.15) is 0 Å². The highest BCUT2D eigenvalue weighted by Gasteiger charge is 2.15. The first-order valence-electron chi connectivity index (χ1n) is 5.28. The van der Waals surface area contributed by atoms with E-state index in [9.17, 15) is 4.79 Å². The zero-order chi connectivity index (χ0) is 13.8. The summed E-state index contributed by atoms with van der Waals surface area (Å²) >= 11 is 3.36. The van der Waals surface area contributed by atoms with Gasteiger partial charge in [0.05, 0.1) is 12.8 Å². The van der Waals surface area contributed by atoms with Crippen molar-refractivity contribution in [1.82, 2.24) is 10.2 Å². The molecule has 0 radical (unpaired) electrons. The van der Waals surface area contributed by atoms with E-state index in [4.69, 9.17) is 9.84 Å². The number of hydrogen-bond acceptors (Lipinski definition) is 5. The first-order valence-corrected chi connectivity index (χ1v) is 6.07. The molecule has 0 aliphatic rings. The van der Waals surface area contributed by atoms with Gasteiger partial charge < -0.3 is 15.2 Å². The summed E-state index contributed by atoms with van der Waals surface area (Å²) in [7, 11) is 1.40. The van der Waals surface area contributed by atoms with Crippen LogP contribution in [0.25, 0.3) is 0 Å². The Bertz CT molecular complexity index is 619. The number of halogens is 1. The molecule has 19 heavy (non-hydrogen) atoms. The van der Waals surface area contributed by atoms with Crippen molar-refractivity contribution in [3.8, 4) is 5.88 Å². The molecular formula is C12H10BrN3O3. The molecule has 2 rings (SSSR count). The maximum atomic E-state index is 11.2. The lowest BCUT2D eigenvalue weighted by atomic mass is 10.2. The Balaban J connectivity index is 2.40. The van der Waals surface area contributed by atoms with Crippen molar-refractivity contribution in [2.24, 2.45) is 0 Å². The van der Waals surface area contributed by atoms with E-state index >= 15 is 0 Å². The number of carbonyl (C=O) groups is 1. The highest BCUT2D eigenvalue weighted by Crippen LogP contribution is 2.26. The van der Waals surface area contributed by atoms with Crippen molar-refractivity contribution in [1.29, 1.82) is 0 Å². The van der Waals surface area contributed by atoms with E-state index in [1.54, 1.807) is 6.07 Å². The zero-order valence-corrected chi connectivity index (χ0v) is 11.5. The number of carboxylic acid groups (broad SMARTS) is 1. The smallest absolute Gasteiger partial charge is 0.339 e. The highest BCUT2D eigenvalue weighted by atomic mass is 79.9. The molecular weight excluding hydrogens is 314 g/mol. The minimum absolute atomic E-state index is 0.0115. The fourth-order valence-electron chi connectivity index (χ4n) is 1.42. The zero-order valence-electron chi connectivity index (χ0n) is 9.92. The standard InChI is InChI=1S/C12H10BrN3O3/c1-19-10-6-7(12(17)18)11(16-15-10)14-9-5-3-2-4-8(9)13/h2-6H,1H3,(H,14,16)(H,17,18). The van der Waals surface area contributed by atoms with Gasteiger partial charge in [-0.1, -0.05) is 12.1 Å². The molecule has 0 saturated carbocycles. The summed E-state index contributed by atoms with van der Waals surface area (Å²) in [6.07, 6.45) is 0. The Kier molecular flexibility index (Phi) is 3.96. The molecule has 0 bridgehead atoms. The highest BCUT2D eigenvalue weighted by molar-refractivity contribution is 9.10. The van der Waals surface area contributed by atoms with Crippen LogP contribution < -0.4 is 10.1 Å². The number of rotatable bonds is 4. The third-order valence-electron chi connectivity index (χ3n) is 2.34. The van der Waals surface area contributed by atoms with Gasteiger partial charge in [0.1, 0.15) is 5.56 Å². The molecule has 0 aliphatic carbocycles. The van der Waals surface area contributed by atoms with Crippen molar-refractivity contribution >= 4 is 33.4 Å². The lowest BCUT2D eigenvalue weighted by molar-refractivity contribution is 0.0697. The molecule has 2 N–H and O–H groups in total. The van der Waals surface area contributed by atoms with Crippen LogP contribution >= 0.6 is 15.9 Å². The Morgan fingerprint density at radius 2 is 2.11 bits per heavy atom. The van der Waals surface area contributed by atoms with Gasteiger partial charge in [-0.05, 0) is 28.1 Å². The summed E-state index contributed by atoms with van der Waals surface area (Å²) in [6.45, 7) is 0. The first kappa shape index (κ1) is 13.3. The molecule has 0 amide bonds. The number of hydrogen-bond donors (Lipinski definition) is 2. The van der Waals surface area contributed by atoms with Crippen LogP contribution in [0.15, 0.2) is 34.8 Å². The molecule has 1 heterocycles. The summed E-state index contributed by atoms with van der Waals surface area (Å²) in [5, 5.41) is 19.6. The van der Waals surface area contributed by atoms with Gasteiger partial charge in [0.15, 0.2) is 5.82 Å². The van der Waals surface area contributed by atoms with E-state index in [-0.39, 0.29) is 17.3 Å². The van der Waals surface area contributed by atoms with Gasteiger partial charge in [0.25, 0.3) is 0 Å². The Morgan fingerprint density at radius 3 is 2.74 bits per heavy atom. The number of nitrogens with zero attached hydrogens (tertiary/aromatic N) is 2. The van der Waals surface area contributed by atoms with Gasteiger partial charge in [-0.25, -0.2) is 4.79 Å². The number of nitrogens with one attached hydrogen (secondary N) is 1. The fraction of sp³-hybridized carbons (Fsp3) is 0.0833. The quantitative estimate of drug-likeness (QED) is 0.899. The third kappa shape index (κ3) is 3.00. The second-order valence-corrected chi connectivity index (χ2v) is 4.41. The van der Waals surface area contributed by atoms with Crippen LogP contribution in [-0.2, 0) is 0 Å². The van der Waals surface area contributed by atoms with Gasteiger partial charge in [-0.3, -0.25) is 0 Å². The van der Waals surface area contributed by atoms with E-state index in [0.29, 0.717) is 5.69 Å². The summed E-state index contributed by atoms with van der Waals surface area (Å²) in [5.41, 5.74) is 0.687. The summed E-state index contributed by atoms with van der Waals surface area (Å²) in [4.78, 5) is 11.2. The molecule has 0 unspecified atom stereocenters. The molecule has 2 aromatic rings. The number of methoxy groups -OCH3 is 1. The van der Waals surface area contributed by atoms with Gasteiger partial charge in [0.2, 0.25) is 5.88 Å². The van der Waals surface area contributed by atoms with Crippen LogP contribution in [0.1, 0.15) is 10.4 Å². The van der Waals surface area contributed by atoms with Gasteiger partial charge in [0, 0.05) is 10.5 Å². The van der Waals surface area contributed by atoms with Crippen molar-refractivity contribution < 1.29 is 14.6 Å². The van der Waals surface area contributed by atoms with Crippen LogP contribution in [0.3, 0.4) is 0 Å². The second-order valence-electron chi connectivity index (χ2n) is 3.56. The third-order valence-corrected chi connectivity index (χ3v) is 3.03. The Hall–Kier alpha value is -2.15. The number of carboxylic acids is 1. The first-order chi connectivity index (χ1) is 9.11. The summed E-state index contributed by atoms with van der Waals surface area (Å²) in [6, 6.07) is 8.62. The molecule has 0 saturated heterocycles. The largest absolute Gasteiger partial charge is 0.480 e. The lowest BCUT2D eigenvalue weighted by Gasteiger charge is -2.10. The molecule has 0 spiro atoms. The second kappa shape index (κ2) is 5.66. The van der Waals surface area contributed by atoms with Gasteiger partial charge in [-0.15, -0.1) is 10.2 Å². The maximum Gasteiger partial charge on any atom is 0.339 e. The Labute approximate surface area is 117 Å². The lowest BCUT2D eigenvalue weighted by Crippen LogP contribution is -2.07. The van der Waals surface area contributed by atoms with Crippen LogP contribution in [0.2, 0.25) is 0 Å². The molecule has 1 aromatic carbocycles. The predicted molar refractivity (Wildman–Crippen MR) is 73.0 cm³/mol. The average Bonchev–Trinajstić information content (AvgIpc) is 2.41. The predicted octanol–water partition coefficient (Wildman–Crippen LogP) is 2.69. The van der Waals surface area contributed by atoms with Crippen molar-refractivity contribution in [2.45, 2.75) is 0 Å². The molecule has 0 fully saturated rings. The van der Waals surface area contributed by atoms with E-state index in [2.05, 4.69) is 31.4 Å². The number of benzene rings is 1. The molecule has 6 nitrogen and oxygen atoms in total. The van der Waals surface area contributed by atoms with E-state index in [1.165, 1.54) is 13.2 Å². The topological polar surface area (TPSA) is 84.3 Å². The molecule has 98 valence electrons. The number of ether oxygens (including phenoxy) is 1. The minimum Gasteiger partial charge on any atom is -0.480 e. The van der Waals surface area contributed by atoms with Crippen LogP contribution in [0.4, 0.5) is 11.5 Å². The van der Waals surface area contributed by atoms with E-state index < -0.39 is 5.97 Å². The molecule has 0 aliphatic heterocycles. The molecule has 7 heteroatoms. The van der Waals surface area contributed by atoms with Crippen LogP contribution in [-0.4, -0.2) is 28.4 Å². The van der Waals surface area contributed by atoms with Crippen LogP contribution in [0.5, 0.6) is 5.88 Å². The maximum absolute atomic E-state index is 11.2. The minimum atomic E-state index is -1.11. The number of aromatic carboxylic acids is 1. The average molecular weight is 324 g/mol. The van der Waals surface area contributed by atoms with Crippen molar-refractivity contribution in [2.75, 3.05) is 12.4 Å². The molecule has 0 atom stereocenters. The monoisotopic (exact) mass is 323 g/mol. The number of para-hydroxylation sites is 1. The number of aromatic nitrogens is 2. The molecule has 1 aromatic heterocycles. The number of anilines is 2. The van der Waals surface area contributed by atoms with Crippen LogP contribution in [0, 0.1) is 0 Å². The van der Waals surface area contributed by atoms with E-state index in [1.807, 2.05) is 18.2 Å². The van der Waals surface area contributed by atoms with Crippen molar-refractivity contribution in [3.63, 3.8) is 0 Å². The SMILES string of the molecule is COc1cc(C(=O)O)c(Nc2ccccc2Br)nn1. The van der Waals surface area contributed by atoms with Gasteiger partial charge >= 0.3 is 5.97 Å². The van der Waals surface area contributed by atoms with E-state index in [0.717, 1.165) is 4.47 Å². The van der Waals surface area contributed by atoms with Crippen molar-refractivity contribution in [3.05, 3.63) is 40.4 Å². The fourth-order valence-corrected chi connectivity index (χ4v) is 1.80. The summed E-state index contributed by atoms with van der Waals surface area (Å²) in [5.74, 6) is -0.807. The Morgan fingerprint density at radius 1 is 1.37 bits per heavy atom. The normalized spacial score (nSPS) is 10.0. The summed E-state index contributed by atoms with van der Waals surface area (Å²) < 4.78 is 5.66.